The Bertz CT molecular complexity index is 255. The lowest BCUT2D eigenvalue weighted by molar-refractivity contribution is -0.127. The maximum atomic E-state index is 11.7. The molecule has 0 aromatic rings. The first-order valence-corrected chi connectivity index (χ1v) is 4.99. The number of carbonyl (C=O) groups excluding carboxylic acids is 1. The molecule has 4 nitrogen and oxygen atoms in total. The quantitative estimate of drug-likeness (QED) is 0.692. The van der Waals surface area contributed by atoms with Crippen LogP contribution in [0, 0.1) is 0 Å². The maximum absolute atomic E-state index is 11.7. The fourth-order valence-corrected chi connectivity index (χ4v) is 1.73. The molecule has 2 heterocycles. The second-order valence-electron chi connectivity index (χ2n) is 3.58. The number of carbonyl (C=O) groups is 1. The second-order valence-corrected chi connectivity index (χ2v) is 3.58. The highest BCUT2D eigenvalue weighted by Gasteiger charge is 2.17. The van der Waals surface area contributed by atoms with E-state index in [0.29, 0.717) is 6.54 Å². The Morgan fingerprint density at radius 1 is 1.21 bits per heavy atom. The van der Waals surface area contributed by atoms with Crippen LogP contribution in [-0.4, -0.2) is 35.3 Å². The minimum atomic E-state index is 0.140. The molecule has 0 atom stereocenters. The Morgan fingerprint density at radius 3 is 2.50 bits per heavy atom. The number of hydrogen-bond donors (Lipinski definition) is 1. The third-order valence-corrected chi connectivity index (χ3v) is 2.51. The molecule has 0 saturated carbocycles. The molecule has 14 heavy (non-hydrogen) atoms. The predicted octanol–water partition coefficient (Wildman–Crippen LogP) is 0.456. The first kappa shape index (κ1) is 9.27. The average Bonchev–Trinajstić information content (AvgIpc) is 2.72. The van der Waals surface area contributed by atoms with Crippen LogP contribution in [0.3, 0.4) is 0 Å². The van der Waals surface area contributed by atoms with Gasteiger partial charge in [-0.2, -0.15) is 0 Å². The highest BCUT2D eigenvalue weighted by atomic mass is 16.2. The van der Waals surface area contributed by atoms with Crippen molar-refractivity contribution >= 4 is 5.91 Å². The molecule has 2 rings (SSSR count). The molecular weight excluding hydrogens is 178 g/mol. The first-order valence-electron chi connectivity index (χ1n) is 4.99. The third kappa shape index (κ3) is 2.14. The van der Waals surface area contributed by atoms with E-state index >= 15 is 0 Å². The summed E-state index contributed by atoms with van der Waals surface area (Å²) in [7, 11) is 0. The van der Waals surface area contributed by atoms with E-state index in [2.05, 4.69) is 10.2 Å². The van der Waals surface area contributed by atoms with Crippen molar-refractivity contribution in [2.45, 2.75) is 12.8 Å². The van der Waals surface area contributed by atoms with Crippen LogP contribution in [-0.2, 0) is 4.79 Å². The lowest BCUT2D eigenvalue weighted by Crippen LogP contribution is -2.35. The molecule has 1 saturated heterocycles. The number of nitrogens with one attached hydrogen (secondary N) is 1. The smallest absolute Gasteiger partial charge is 0.244 e. The number of nitrogens with zero attached hydrogens (tertiary/aromatic N) is 2. The van der Waals surface area contributed by atoms with Crippen LogP contribution in [0.15, 0.2) is 24.8 Å². The average molecular weight is 193 g/mol. The molecule has 4 heteroatoms. The summed E-state index contributed by atoms with van der Waals surface area (Å²) in [6.07, 6.45) is 9.45. The van der Waals surface area contributed by atoms with Gasteiger partial charge in [0.2, 0.25) is 5.91 Å². The predicted molar refractivity (Wildman–Crippen MR) is 53.9 cm³/mol. The first-order chi connectivity index (χ1) is 6.86. The zero-order valence-corrected chi connectivity index (χ0v) is 8.15. The van der Waals surface area contributed by atoms with Crippen molar-refractivity contribution in [3.8, 4) is 0 Å². The fourth-order valence-electron chi connectivity index (χ4n) is 1.73. The van der Waals surface area contributed by atoms with Crippen molar-refractivity contribution in [1.82, 2.24) is 15.1 Å². The zero-order valence-electron chi connectivity index (χ0n) is 8.15. The molecule has 2 aliphatic rings. The van der Waals surface area contributed by atoms with E-state index < -0.39 is 0 Å². The number of likely N-dealkylation sites (tertiary alicyclic amines) is 1. The normalized spacial score (nSPS) is 21.3. The van der Waals surface area contributed by atoms with E-state index in [-0.39, 0.29) is 5.91 Å². The summed E-state index contributed by atoms with van der Waals surface area (Å²) < 4.78 is 0. The van der Waals surface area contributed by atoms with Gasteiger partial charge in [0.25, 0.3) is 0 Å². The van der Waals surface area contributed by atoms with Gasteiger partial charge in [-0.05, 0) is 25.9 Å². The van der Waals surface area contributed by atoms with Gasteiger partial charge in [-0.25, -0.2) is 0 Å². The molecule has 0 bridgehead atoms. The van der Waals surface area contributed by atoms with Crippen molar-refractivity contribution in [2.75, 3.05) is 19.6 Å². The molecule has 0 aromatic heterocycles. The van der Waals surface area contributed by atoms with Crippen molar-refractivity contribution in [3.05, 3.63) is 24.8 Å². The molecule has 76 valence electrons. The Labute approximate surface area is 83.9 Å². The molecule has 1 N–H and O–H groups in total. The van der Waals surface area contributed by atoms with Crippen LogP contribution in [0.5, 0.6) is 0 Å². The van der Waals surface area contributed by atoms with Crippen LogP contribution in [0.25, 0.3) is 0 Å². The Kier molecular flexibility index (Phi) is 2.84. The van der Waals surface area contributed by atoms with Crippen molar-refractivity contribution in [3.63, 3.8) is 0 Å². The monoisotopic (exact) mass is 193 g/mol. The largest absolute Gasteiger partial charge is 0.365 e. The van der Waals surface area contributed by atoms with Gasteiger partial charge in [-0.3, -0.25) is 14.6 Å². The van der Waals surface area contributed by atoms with Gasteiger partial charge in [0, 0.05) is 24.8 Å². The topological polar surface area (TPSA) is 35.6 Å². The van der Waals surface area contributed by atoms with Crippen molar-refractivity contribution in [2.24, 2.45) is 0 Å². The van der Waals surface area contributed by atoms with Crippen LogP contribution in [0.2, 0.25) is 0 Å². The minimum Gasteiger partial charge on any atom is -0.365 e. The highest BCUT2D eigenvalue weighted by molar-refractivity contribution is 5.80. The van der Waals surface area contributed by atoms with E-state index in [0.717, 1.165) is 13.1 Å². The van der Waals surface area contributed by atoms with E-state index in [4.69, 9.17) is 0 Å². The summed E-state index contributed by atoms with van der Waals surface area (Å²) in [5.74, 6) is 0.140. The summed E-state index contributed by atoms with van der Waals surface area (Å²) in [6.45, 7) is 2.66. The Hall–Kier alpha value is -1.29. The van der Waals surface area contributed by atoms with Gasteiger partial charge in [0.15, 0.2) is 0 Å². The number of hydrogen-bond acceptors (Lipinski definition) is 3. The fraction of sp³-hybridized carbons (Fsp3) is 0.500. The standard InChI is InChI=1S/C10H15N3O/c14-10(9-12-5-1-2-6-12)13-7-3-11-4-8-13/h3-4,7-8,11H,1-2,5-6,9H2. The Balaban J connectivity index is 1.84. The summed E-state index contributed by atoms with van der Waals surface area (Å²) in [4.78, 5) is 15.5. The lowest BCUT2D eigenvalue weighted by Gasteiger charge is -2.20. The summed E-state index contributed by atoms with van der Waals surface area (Å²) in [5, 5.41) is 2.89. The molecule has 2 aliphatic heterocycles. The van der Waals surface area contributed by atoms with E-state index in [1.54, 1.807) is 29.7 Å². The molecule has 0 radical (unpaired) electrons. The molecule has 1 amide bonds. The van der Waals surface area contributed by atoms with Crippen LogP contribution in [0.1, 0.15) is 12.8 Å². The van der Waals surface area contributed by atoms with E-state index in [1.165, 1.54) is 12.8 Å². The lowest BCUT2D eigenvalue weighted by atomic mass is 10.4. The van der Waals surface area contributed by atoms with Gasteiger partial charge in [-0.15, -0.1) is 0 Å². The number of rotatable bonds is 2. The van der Waals surface area contributed by atoms with Gasteiger partial charge in [-0.1, -0.05) is 0 Å². The summed E-state index contributed by atoms with van der Waals surface area (Å²) in [5.41, 5.74) is 0. The molecular formula is C10H15N3O. The van der Waals surface area contributed by atoms with Crippen LogP contribution < -0.4 is 5.32 Å². The molecule has 0 aromatic carbocycles. The molecule has 0 aliphatic carbocycles. The Morgan fingerprint density at radius 2 is 1.86 bits per heavy atom. The number of amides is 1. The maximum Gasteiger partial charge on any atom is 0.244 e. The molecule has 0 unspecified atom stereocenters. The van der Waals surface area contributed by atoms with E-state index in [9.17, 15) is 4.79 Å². The zero-order chi connectivity index (χ0) is 9.80. The van der Waals surface area contributed by atoms with Crippen molar-refractivity contribution in [1.29, 1.82) is 0 Å². The van der Waals surface area contributed by atoms with Gasteiger partial charge in [0.05, 0.1) is 6.54 Å². The minimum absolute atomic E-state index is 0.140. The SMILES string of the molecule is O=C(CN1CCCC1)N1C=CNC=C1. The third-order valence-electron chi connectivity index (χ3n) is 2.51. The summed E-state index contributed by atoms with van der Waals surface area (Å²) >= 11 is 0. The highest BCUT2D eigenvalue weighted by Crippen LogP contribution is 2.08. The van der Waals surface area contributed by atoms with E-state index in [1.807, 2.05) is 0 Å². The van der Waals surface area contributed by atoms with Gasteiger partial charge in [0.1, 0.15) is 0 Å². The van der Waals surface area contributed by atoms with Crippen LogP contribution >= 0.6 is 0 Å². The van der Waals surface area contributed by atoms with Crippen molar-refractivity contribution < 1.29 is 4.79 Å². The van der Waals surface area contributed by atoms with Crippen LogP contribution in [0.4, 0.5) is 0 Å². The van der Waals surface area contributed by atoms with Gasteiger partial charge >= 0.3 is 0 Å². The molecule has 1 fully saturated rings. The second kappa shape index (κ2) is 4.28. The summed E-state index contributed by atoms with van der Waals surface area (Å²) in [6, 6.07) is 0. The van der Waals surface area contributed by atoms with Gasteiger partial charge < -0.3 is 5.32 Å². The molecule has 0 spiro atoms.